The average molecular weight is 160 g/mol. The number of hydroxylamine groups is 4. The van der Waals surface area contributed by atoms with Gasteiger partial charge in [-0.1, -0.05) is 0 Å². The largest absolute Gasteiger partial charge is 1.00 e. The maximum atomic E-state index is 9.36. The first-order valence-corrected chi connectivity index (χ1v) is 2.17. The van der Waals surface area contributed by atoms with E-state index in [-0.39, 0.29) is 51.4 Å². The van der Waals surface area contributed by atoms with Gasteiger partial charge in [-0.05, 0) is 14.1 Å². The molecular weight excluding hydrogens is 147 g/mol. The quantitative estimate of drug-likeness (QED) is 0.303. The van der Waals surface area contributed by atoms with Crippen LogP contribution in [0.1, 0.15) is 0 Å². The molecule has 0 saturated heterocycles. The van der Waals surface area contributed by atoms with Gasteiger partial charge in [0.2, 0.25) is 0 Å². The molecule has 4 nitrogen and oxygen atoms in total. The van der Waals surface area contributed by atoms with E-state index < -0.39 is 0 Å². The molecule has 0 unspecified atom stereocenters. The van der Waals surface area contributed by atoms with E-state index in [0.29, 0.717) is 0 Å². The molecule has 1 N–H and O–H groups in total. The number of hydrogen-bond donors (Lipinski definition) is 1. The van der Waals surface area contributed by atoms with Crippen LogP contribution in [0.5, 0.6) is 0 Å². The summed E-state index contributed by atoms with van der Waals surface area (Å²) in [5, 5.41) is 19.0. The summed E-state index contributed by atoms with van der Waals surface area (Å²) in [7, 11) is 6.00. The summed E-state index contributed by atoms with van der Waals surface area (Å²) in [5.74, 6) is 0. The molecule has 0 saturated carbocycles. The van der Waals surface area contributed by atoms with Gasteiger partial charge in [-0.3, -0.25) is 0 Å². The number of rotatable bonds is 0. The molecule has 0 aromatic carbocycles. The zero-order chi connectivity index (χ0) is 7.15. The van der Waals surface area contributed by atoms with Crippen molar-refractivity contribution in [2.45, 2.75) is 0 Å². The molecule has 9 heavy (non-hydrogen) atoms. The van der Waals surface area contributed by atoms with E-state index in [1.54, 1.807) is 14.1 Å². The Balaban J connectivity index is -0.0000000720. The van der Waals surface area contributed by atoms with Crippen LogP contribution in [-0.2, 0) is 0 Å². The van der Waals surface area contributed by atoms with Gasteiger partial charge in [0.1, 0.15) is 0 Å². The van der Waals surface area contributed by atoms with Gasteiger partial charge in [-0.25, -0.2) is 0 Å². The summed E-state index contributed by atoms with van der Waals surface area (Å²) >= 11 is 0. The molecule has 0 rings (SSSR count). The van der Waals surface area contributed by atoms with Crippen molar-refractivity contribution >= 4 is 0 Å². The molecule has 0 amide bonds. The second kappa shape index (κ2) is 12.2. The van der Waals surface area contributed by atoms with Crippen molar-refractivity contribution in [3.63, 3.8) is 0 Å². The summed E-state index contributed by atoms with van der Waals surface area (Å²) in [6, 6.07) is 0. The first kappa shape index (κ1) is 16.8. The van der Waals surface area contributed by atoms with E-state index in [2.05, 4.69) is 0 Å². The molecule has 0 heterocycles. The van der Waals surface area contributed by atoms with Crippen LogP contribution >= 0.6 is 0 Å². The van der Waals surface area contributed by atoms with Gasteiger partial charge in [0, 0.05) is 14.1 Å². The second-order valence-electron chi connectivity index (χ2n) is 1.66. The minimum atomic E-state index is 0. The monoisotopic (exact) mass is 160 g/mol. The van der Waals surface area contributed by atoms with E-state index in [1.807, 2.05) is 0 Å². The van der Waals surface area contributed by atoms with Crippen molar-refractivity contribution in [3.8, 4) is 0 Å². The summed E-state index contributed by atoms with van der Waals surface area (Å²) in [6.45, 7) is 0. The smallest absolute Gasteiger partial charge is 0.785 e. The molecule has 5 heteroatoms. The fourth-order valence-electron chi connectivity index (χ4n) is 0. The van der Waals surface area contributed by atoms with Gasteiger partial charge in [-0.2, -0.15) is 5.06 Å². The summed E-state index contributed by atoms with van der Waals surface area (Å²) in [5.41, 5.74) is 0. The van der Waals surface area contributed by atoms with E-state index in [4.69, 9.17) is 5.21 Å². The van der Waals surface area contributed by atoms with E-state index in [1.165, 1.54) is 14.1 Å². The van der Waals surface area contributed by atoms with Gasteiger partial charge < -0.3 is 15.5 Å². The molecule has 0 aliphatic heterocycles. The Morgan fingerprint density at radius 1 is 1.11 bits per heavy atom. The fraction of sp³-hybridized carbons (Fsp3) is 1.00. The minimum Gasteiger partial charge on any atom is -0.785 e. The Hall–Kier alpha value is 1.48. The van der Waals surface area contributed by atoms with Crippen LogP contribution in [-0.4, -0.2) is 43.5 Å². The molecular formula is C4H13KN2O2. The Morgan fingerprint density at radius 2 is 1.11 bits per heavy atom. The fourth-order valence-corrected chi connectivity index (χ4v) is 0. The molecule has 52 valence electrons. The molecule has 0 aliphatic rings. The zero-order valence-corrected chi connectivity index (χ0v) is 9.87. The van der Waals surface area contributed by atoms with E-state index in [9.17, 15) is 5.21 Å². The zero-order valence-electron chi connectivity index (χ0n) is 6.75. The Bertz CT molecular complexity index is 32.0. The Kier molecular flexibility index (Phi) is 22.8. The predicted molar refractivity (Wildman–Crippen MR) is 32.5 cm³/mol. The van der Waals surface area contributed by atoms with Crippen molar-refractivity contribution in [1.29, 1.82) is 0 Å². The van der Waals surface area contributed by atoms with Crippen LogP contribution in [0.4, 0.5) is 0 Å². The van der Waals surface area contributed by atoms with Crippen molar-refractivity contribution in [2.24, 2.45) is 0 Å². The third-order valence-corrected chi connectivity index (χ3v) is 0. The molecule has 0 fully saturated rings. The molecule has 0 spiro atoms. The Labute approximate surface area is 98.8 Å². The second-order valence-corrected chi connectivity index (χ2v) is 1.66. The standard InChI is InChI=1S/C2H7NO.C2H6NO.K/c2*1-3(2)4;/h4H,1-2H3;1-2H3;/q;-1;+1. The molecule has 0 aliphatic carbocycles. The van der Waals surface area contributed by atoms with Gasteiger partial charge in [0.25, 0.3) is 0 Å². The summed E-state index contributed by atoms with van der Waals surface area (Å²) in [6.07, 6.45) is 0. The number of nitrogens with zero attached hydrogens (tertiary/aromatic N) is 2. The van der Waals surface area contributed by atoms with Crippen LogP contribution in [0, 0.1) is 5.21 Å². The maximum Gasteiger partial charge on any atom is 1.00 e. The van der Waals surface area contributed by atoms with Gasteiger partial charge in [-0.15, -0.1) is 0 Å². The molecule has 0 aromatic heterocycles. The maximum absolute atomic E-state index is 9.36. The first-order valence-electron chi connectivity index (χ1n) is 2.17. The molecule has 0 radical (unpaired) electrons. The molecule has 0 aromatic rings. The third kappa shape index (κ3) is 243. The predicted octanol–water partition coefficient (Wildman–Crippen LogP) is -3.01. The van der Waals surface area contributed by atoms with E-state index >= 15 is 0 Å². The van der Waals surface area contributed by atoms with Crippen LogP contribution < -0.4 is 51.4 Å². The SMILES string of the molecule is CN(C)O.CN(C)[O-].[K+]. The first-order chi connectivity index (χ1) is 3.46. The van der Waals surface area contributed by atoms with Crippen LogP contribution in [0.15, 0.2) is 0 Å². The van der Waals surface area contributed by atoms with Crippen LogP contribution in [0.25, 0.3) is 0 Å². The summed E-state index contributed by atoms with van der Waals surface area (Å²) < 4.78 is 0. The number of hydrogen-bond acceptors (Lipinski definition) is 4. The van der Waals surface area contributed by atoms with Gasteiger partial charge in [0.15, 0.2) is 0 Å². The van der Waals surface area contributed by atoms with Crippen molar-refractivity contribution < 1.29 is 56.6 Å². The van der Waals surface area contributed by atoms with Crippen molar-refractivity contribution in [2.75, 3.05) is 28.2 Å². The molecule has 0 atom stereocenters. The summed E-state index contributed by atoms with van der Waals surface area (Å²) in [4.78, 5) is 0. The topological polar surface area (TPSA) is 49.8 Å². The van der Waals surface area contributed by atoms with Gasteiger partial charge in [0.05, 0.1) is 0 Å². The van der Waals surface area contributed by atoms with Crippen LogP contribution in [0.3, 0.4) is 0 Å². The van der Waals surface area contributed by atoms with Crippen LogP contribution in [0.2, 0.25) is 0 Å². The third-order valence-electron chi connectivity index (χ3n) is 0. The van der Waals surface area contributed by atoms with Gasteiger partial charge >= 0.3 is 51.4 Å². The average Bonchev–Trinajstić information content (AvgIpc) is 1.25. The van der Waals surface area contributed by atoms with Crippen molar-refractivity contribution in [1.82, 2.24) is 10.1 Å². The Morgan fingerprint density at radius 3 is 1.11 bits per heavy atom. The normalized spacial score (nSPS) is 8.00. The van der Waals surface area contributed by atoms with E-state index in [0.717, 1.165) is 10.1 Å². The minimum absolute atomic E-state index is 0. The van der Waals surface area contributed by atoms with Crippen molar-refractivity contribution in [3.05, 3.63) is 5.21 Å². The molecule has 0 bridgehead atoms.